The topological polar surface area (TPSA) is 33.8 Å². The third-order valence-corrected chi connectivity index (χ3v) is 15.9. The Morgan fingerprint density at radius 3 is 1.76 bits per heavy atom. The molecule has 4 heterocycles. The molecule has 0 aliphatic carbocycles. The average molecular weight is 976 g/mol. The van der Waals surface area contributed by atoms with E-state index in [1.165, 1.54) is 34.7 Å². The van der Waals surface area contributed by atoms with E-state index in [0.717, 1.165) is 101 Å². The fourth-order valence-corrected chi connectivity index (χ4v) is 12.6. The van der Waals surface area contributed by atoms with Gasteiger partial charge in [-0.05, 0) is 157 Å². The minimum atomic E-state index is -0.663. The van der Waals surface area contributed by atoms with E-state index in [4.69, 9.17) is 0 Å². The molecule has 75 heavy (non-hydrogen) atoms. The van der Waals surface area contributed by atoms with Crippen LogP contribution in [0.3, 0.4) is 0 Å². The van der Waals surface area contributed by atoms with Gasteiger partial charge >= 0.3 is 0 Å². The van der Waals surface area contributed by atoms with E-state index in [1.807, 2.05) is 73.3 Å². The molecule has 358 valence electrons. The second-order valence-corrected chi connectivity index (χ2v) is 20.5. The standard InChI is InChI=1S/C64H47B3F3N5/c1-37-29-58-62-59(30-37)75(64-51(69)26-16-27-52(64)70)57-36-53-47(35-49(57)66(62)46-24-13-14-28-55(46)73(58)43-21-9-6-10-22-43)67-48-34-45(65-44-23-12-11-17-38(44)2)40(4)31-56(48)74(63-39(3)18-15-25-50(63)68)60-33-42(32-54(72-53)61(60)67)71-41-19-7-5-8-20-41/h5-36,65,71-72H,1-4H3. The molecule has 0 fully saturated rings. The highest BCUT2D eigenvalue weighted by Crippen LogP contribution is 2.48. The molecule has 0 saturated heterocycles. The Morgan fingerprint density at radius 2 is 1.00 bits per heavy atom. The first-order valence-electron chi connectivity index (χ1n) is 25.6. The summed E-state index contributed by atoms with van der Waals surface area (Å²) in [5, 5.41) is 7.59. The van der Waals surface area contributed by atoms with Crippen molar-refractivity contribution in [3.8, 4) is 0 Å². The van der Waals surface area contributed by atoms with Gasteiger partial charge in [0.1, 0.15) is 23.1 Å². The monoisotopic (exact) mass is 975 g/mol. The fraction of sp³-hybridized carbons (Fsp3) is 0.0625. The number of nitrogens with zero attached hydrogens (tertiary/aromatic N) is 3. The van der Waals surface area contributed by atoms with E-state index < -0.39 is 11.6 Å². The van der Waals surface area contributed by atoms with Gasteiger partial charge in [0.25, 0.3) is 13.4 Å². The minimum Gasteiger partial charge on any atom is -0.356 e. The zero-order chi connectivity index (χ0) is 50.8. The molecular weight excluding hydrogens is 928 g/mol. The molecule has 10 aromatic rings. The van der Waals surface area contributed by atoms with Gasteiger partial charge in [0, 0.05) is 62.6 Å². The van der Waals surface area contributed by atoms with Crippen molar-refractivity contribution < 1.29 is 13.2 Å². The summed E-state index contributed by atoms with van der Waals surface area (Å²) in [5.74, 6) is -1.64. The van der Waals surface area contributed by atoms with Crippen LogP contribution in [0, 0.1) is 45.1 Å². The lowest BCUT2D eigenvalue weighted by Crippen LogP contribution is -2.65. The molecule has 0 unspecified atom stereocenters. The van der Waals surface area contributed by atoms with Crippen molar-refractivity contribution in [3.05, 3.63) is 234 Å². The van der Waals surface area contributed by atoms with Gasteiger partial charge in [0.05, 0.1) is 5.69 Å². The SMILES string of the molecule is Cc1cc2c3c(c1)N(c1c(F)cccc1F)c1cc4c(cc1B3c1ccccc1N2c1ccccc1)B1c2cc(Bc3ccccc3C)c(C)cc2N(c2c(C)cccc2F)c2cc(Nc3ccccc3)cc(c21)N4. The first-order valence-corrected chi connectivity index (χ1v) is 25.6. The van der Waals surface area contributed by atoms with Crippen molar-refractivity contribution in [3.63, 3.8) is 0 Å². The smallest absolute Gasteiger partial charge is 0.252 e. The summed E-state index contributed by atoms with van der Waals surface area (Å²) in [6.45, 7) is 7.66. The molecule has 0 radical (unpaired) electrons. The van der Waals surface area contributed by atoms with Gasteiger partial charge in [-0.25, -0.2) is 13.2 Å². The number of anilines is 13. The lowest BCUT2D eigenvalue weighted by molar-refractivity contribution is 0.586. The molecule has 0 aromatic heterocycles. The molecule has 0 bridgehead atoms. The molecule has 0 saturated carbocycles. The number of rotatable bonds is 7. The summed E-state index contributed by atoms with van der Waals surface area (Å²) in [6.07, 6.45) is 0. The van der Waals surface area contributed by atoms with Crippen molar-refractivity contribution >= 4 is 138 Å². The van der Waals surface area contributed by atoms with Gasteiger partial charge in [0.15, 0.2) is 7.28 Å². The van der Waals surface area contributed by atoms with Crippen LogP contribution in [0.2, 0.25) is 0 Å². The van der Waals surface area contributed by atoms with E-state index in [1.54, 1.807) is 12.1 Å². The maximum Gasteiger partial charge on any atom is 0.252 e. The highest BCUT2D eigenvalue weighted by Gasteiger charge is 2.48. The van der Waals surface area contributed by atoms with Gasteiger partial charge in [0.2, 0.25) is 0 Å². The minimum absolute atomic E-state index is 0.141. The summed E-state index contributed by atoms with van der Waals surface area (Å²) < 4.78 is 50.6. The van der Waals surface area contributed by atoms with Crippen molar-refractivity contribution in [2.45, 2.75) is 27.7 Å². The van der Waals surface area contributed by atoms with E-state index in [0.29, 0.717) is 24.3 Å². The second kappa shape index (κ2) is 17.1. The number of para-hydroxylation sites is 5. The Morgan fingerprint density at radius 1 is 0.400 bits per heavy atom. The zero-order valence-electron chi connectivity index (χ0n) is 41.8. The predicted molar refractivity (Wildman–Crippen MR) is 311 cm³/mol. The molecule has 4 aliphatic heterocycles. The molecule has 5 nitrogen and oxygen atoms in total. The molecular formula is C64H47B3F3N5. The normalized spacial score (nSPS) is 13.2. The lowest BCUT2D eigenvalue weighted by atomic mass is 9.30. The Hall–Kier alpha value is -8.82. The van der Waals surface area contributed by atoms with Crippen molar-refractivity contribution in [2.75, 3.05) is 25.3 Å². The summed E-state index contributed by atoms with van der Waals surface area (Å²) in [4.78, 5) is 6.23. The Balaban J connectivity index is 1.08. The summed E-state index contributed by atoms with van der Waals surface area (Å²) in [6, 6.07) is 64.4. The van der Waals surface area contributed by atoms with Crippen LogP contribution in [0.15, 0.2) is 194 Å². The van der Waals surface area contributed by atoms with Crippen LogP contribution < -0.4 is 69.0 Å². The van der Waals surface area contributed by atoms with Gasteiger partial charge in [-0.1, -0.05) is 131 Å². The van der Waals surface area contributed by atoms with E-state index in [9.17, 15) is 0 Å². The molecule has 14 rings (SSSR count). The number of hydrogen-bond acceptors (Lipinski definition) is 5. The molecule has 11 heteroatoms. The number of halogens is 3. The maximum atomic E-state index is 16.9. The van der Waals surface area contributed by atoms with Gasteiger partial charge in [-0.15, -0.1) is 0 Å². The fourth-order valence-electron chi connectivity index (χ4n) is 12.6. The van der Waals surface area contributed by atoms with E-state index in [-0.39, 0.29) is 24.9 Å². The van der Waals surface area contributed by atoms with Crippen LogP contribution in [-0.4, -0.2) is 20.7 Å². The van der Waals surface area contributed by atoms with Crippen LogP contribution in [0.5, 0.6) is 0 Å². The average Bonchev–Trinajstić information content (AvgIpc) is 3.41. The van der Waals surface area contributed by atoms with Crippen molar-refractivity contribution in [1.82, 2.24) is 0 Å². The molecule has 10 aromatic carbocycles. The lowest BCUT2D eigenvalue weighted by Gasteiger charge is -2.46. The summed E-state index contributed by atoms with van der Waals surface area (Å²) >= 11 is 0. The van der Waals surface area contributed by atoms with Crippen LogP contribution in [0.1, 0.15) is 22.3 Å². The predicted octanol–water partition coefficient (Wildman–Crippen LogP) is 10.9. The van der Waals surface area contributed by atoms with Crippen LogP contribution in [-0.2, 0) is 0 Å². The Labute approximate surface area is 436 Å². The van der Waals surface area contributed by atoms with Crippen LogP contribution in [0.25, 0.3) is 0 Å². The number of fused-ring (bicyclic) bond motifs is 8. The summed E-state index contributed by atoms with van der Waals surface area (Å²) in [7, 11) is 0.713. The van der Waals surface area contributed by atoms with Gasteiger partial charge in [-0.2, -0.15) is 0 Å². The molecule has 2 N–H and O–H groups in total. The first kappa shape index (κ1) is 44.9. The number of benzene rings is 10. The highest BCUT2D eigenvalue weighted by atomic mass is 19.1. The highest BCUT2D eigenvalue weighted by molar-refractivity contribution is 7.03. The first-order chi connectivity index (χ1) is 36.6. The van der Waals surface area contributed by atoms with E-state index in [2.05, 4.69) is 143 Å². The number of hydrogen-bond donors (Lipinski definition) is 2. The van der Waals surface area contributed by atoms with Crippen LogP contribution >= 0.6 is 0 Å². The number of aryl methyl sites for hydroxylation is 4. The Bertz CT molecular complexity index is 3980. The van der Waals surface area contributed by atoms with Gasteiger partial charge in [-0.3, -0.25) is 0 Å². The molecule has 0 amide bonds. The third kappa shape index (κ3) is 6.97. The summed E-state index contributed by atoms with van der Waals surface area (Å²) in [5.41, 5.74) is 22.3. The van der Waals surface area contributed by atoms with Crippen molar-refractivity contribution in [2.24, 2.45) is 0 Å². The van der Waals surface area contributed by atoms with Gasteiger partial charge < -0.3 is 25.3 Å². The zero-order valence-corrected chi connectivity index (χ0v) is 41.8. The largest absolute Gasteiger partial charge is 0.356 e. The van der Waals surface area contributed by atoms with Crippen molar-refractivity contribution in [1.29, 1.82) is 0 Å². The second-order valence-electron chi connectivity index (χ2n) is 20.5. The number of nitrogens with one attached hydrogen (secondary N) is 2. The quantitative estimate of drug-likeness (QED) is 0.156. The van der Waals surface area contributed by atoms with E-state index >= 15 is 13.2 Å². The maximum absolute atomic E-state index is 16.9. The van der Waals surface area contributed by atoms with Crippen LogP contribution in [0.4, 0.5) is 87.1 Å². The third-order valence-electron chi connectivity index (χ3n) is 15.9. The molecule has 4 aliphatic rings. The molecule has 0 atom stereocenters. The molecule has 0 spiro atoms. The Kier molecular flexibility index (Phi) is 10.2.